The minimum absolute atomic E-state index is 0.00434. The van der Waals surface area contributed by atoms with Gasteiger partial charge in [-0.2, -0.15) is 0 Å². The third-order valence-electron chi connectivity index (χ3n) is 3.75. The topological polar surface area (TPSA) is 100 Å². The molecule has 0 fully saturated rings. The molecule has 0 aromatic heterocycles. The van der Waals surface area contributed by atoms with Crippen molar-refractivity contribution in [2.24, 2.45) is 0 Å². The Balaban J connectivity index is 4.56. The molecule has 0 rings (SSSR count). The predicted octanol–water partition coefficient (Wildman–Crippen LogP) is -2.68. The summed E-state index contributed by atoms with van der Waals surface area (Å²) in [5, 5.41) is 8.42. The van der Waals surface area contributed by atoms with Gasteiger partial charge in [-0.25, -0.2) is 0 Å². The molecule has 3 N–H and O–H groups in total. The number of nitrogens with one attached hydrogen (secondary N) is 3. The Morgan fingerprint density at radius 1 is 0.536 bits per heavy atom. The molecule has 0 radical (unpaired) electrons. The minimum Gasteiger partial charge on any atom is -0.354 e. The fourth-order valence-electron chi connectivity index (χ4n) is 2.20. The van der Waals surface area contributed by atoms with Gasteiger partial charge in [0, 0.05) is 39.3 Å². The summed E-state index contributed by atoms with van der Waals surface area (Å²) in [7, 11) is 11.6. The Hall–Kier alpha value is -1.75. The second kappa shape index (κ2) is 15.2. The van der Waals surface area contributed by atoms with Gasteiger partial charge in [-0.1, -0.05) is 0 Å². The van der Waals surface area contributed by atoms with Crippen LogP contribution < -0.4 is 16.0 Å². The summed E-state index contributed by atoms with van der Waals surface area (Å²) in [4.78, 5) is 43.9. The highest BCUT2D eigenvalue weighted by molar-refractivity contribution is 5.84. The lowest BCUT2D eigenvalue weighted by atomic mass is 10.3. The maximum atomic E-state index is 12.2. The molecule has 28 heavy (non-hydrogen) atoms. The van der Waals surface area contributed by atoms with Gasteiger partial charge in [0.1, 0.15) is 0 Å². The lowest BCUT2D eigenvalue weighted by molar-refractivity contribution is -0.127. The molecule has 10 nitrogen and oxygen atoms in total. The first-order valence-electron chi connectivity index (χ1n) is 9.56. The zero-order valence-corrected chi connectivity index (χ0v) is 18.4. The molecule has 10 heteroatoms. The average Bonchev–Trinajstić information content (AvgIpc) is 2.53. The van der Waals surface area contributed by atoms with Gasteiger partial charge in [0.25, 0.3) is 0 Å². The van der Waals surface area contributed by atoms with E-state index >= 15 is 0 Å². The maximum Gasteiger partial charge on any atom is 0.234 e. The first-order chi connectivity index (χ1) is 13.1. The van der Waals surface area contributed by atoms with Gasteiger partial charge in [0.2, 0.25) is 17.7 Å². The SMILES string of the molecule is CN(C)CCNC(=O)CN(CC(=O)NCCN(C)C)CC(=O)NCCN(C)C. The molecule has 0 bridgehead atoms. The van der Waals surface area contributed by atoms with Gasteiger partial charge >= 0.3 is 0 Å². The fourth-order valence-corrected chi connectivity index (χ4v) is 2.20. The second-order valence-corrected chi connectivity index (χ2v) is 7.60. The van der Waals surface area contributed by atoms with E-state index < -0.39 is 0 Å². The zero-order valence-electron chi connectivity index (χ0n) is 18.4. The van der Waals surface area contributed by atoms with Crippen LogP contribution in [0, 0.1) is 0 Å². The Morgan fingerprint density at radius 2 is 0.786 bits per heavy atom. The van der Waals surface area contributed by atoms with Gasteiger partial charge < -0.3 is 30.7 Å². The average molecular weight is 402 g/mol. The number of likely N-dealkylation sites (N-methyl/N-ethyl adjacent to an activating group) is 3. The Bertz CT molecular complexity index is 404. The second-order valence-electron chi connectivity index (χ2n) is 7.60. The van der Waals surface area contributed by atoms with E-state index in [1.807, 2.05) is 57.0 Å². The molecule has 0 aliphatic heterocycles. The van der Waals surface area contributed by atoms with E-state index in [0.717, 1.165) is 19.6 Å². The highest BCUT2D eigenvalue weighted by Gasteiger charge is 2.17. The third-order valence-corrected chi connectivity index (χ3v) is 3.75. The highest BCUT2D eigenvalue weighted by atomic mass is 16.2. The maximum absolute atomic E-state index is 12.2. The van der Waals surface area contributed by atoms with Gasteiger partial charge in [-0.3, -0.25) is 19.3 Å². The molecule has 0 heterocycles. The van der Waals surface area contributed by atoms with Crippen molar-refractivity contribution in [2.75, 3.05) is 101 Å². The van der Waals surface area contributed by atoms with Crippen molar-refractivity contribution in [1.29, 1.82) is 0 Å². The zero-order chi connectivity index (χ0) is 21.5. The van der Waals surface area contributed by atoms with Crippen molar-refractivity contribution in [3.05, 3.63) is 0 Å². The summed E-state index contributed by atoms with van der Waals surface area (Å²) in [6.45, 7) is 3.71. The molecule has 3 amide bonds. The number of carbonyl (C=O) groups is 3. The van der Waals surface area contributed by atoms with E-state index in [1.165, 1.54) is 0 Å². The summed E-state index contributed by atoms with van der Waals surface area (Å²) >= 11 is 0. The van der Waals surface area contributed by atoms with Crippen LogP contribution in [0.5, 0.6) is 0 Å². The quantitative estimate of drug-likeness (QED) is 0.275. The van der Waals surface area contributed by atoms with Gasteiger partial charge in [-0.05, 0) is 42.3 Å². The number of hydrogen-bond acceptors (Lipinski definition) is 7. The van der Waals surface area contributed by atoms with Crippen LogP contribution >= 0.6 is 0 Å². The number of amides is 3. The monoisotopic (exact) mass is 401 g/mol. The van der Waals surface area contributed by atoms with E-state index in [-0.39, 0.29) is 37.4 Å². The molecule has 0 saturated carbocycles. The summed E-state index contributed by atoms with van der Waals surface area (Å²) in [6, 6.07) is 0. The predicted molar refractivity (Wildman–Crippen MR) is 111 cm³/mol. The van der Waals surface area contributed by atoms with Crippen LogP contribution in [0.3, 0.4) is 0 Å². The van der Waals surface area contributed by atoms with E-state index in [2.05, 4.69) is 16.0 Å². The van der Waals surface area contributed by atoms with Gasteiger partial charge in [0.15, 0.2) is 0 Å². The molecule has 0 atom stereocenters. The van der Waals surface area contributed by atoms with Crippen molar-refractivity contribution in [3.63, 3.8) is 0 Å². The lowest BCUT2D eigenvalue weighted by Crippen LogP contribution is -2.48. The summed E-state index contributed by atoms with van der Waals surface area (Å²) in [5.41, 5.74) is 0. The highest BCUT2D eigenvalue weighted by Crippen LogP contribution is 1.90. The molecule has 0 aromatic carbocycles. The van der Waals surface area contributed by atoms with E-state index in [0.29, 0.717) is 19.6 Å². The van der Waals surface area contributed by atoms with Crippen LogP contribution in [0.1, 0.15) is 0 Å². The Kier molecular flexibility index (Phi) is 14.3. The van der Waals surface area contributed by atoms with Crippen molar-refractivity contribution in [1.82, 2.24) is 35.6 Å². The molecule has 0 spiro atoms. The molecule has 0 aliphatic rings. The Morgan fingerprint density at radius 3 is 1.00 bits per heavy atom. The first kappa shape index (κ1) is 26.2. The van der Waals surface area contributed by atoms with Gasteiger partial charge in [0.05, 0.1) is 19.6 Å². The Labute approximate surface area is 169 Å². The molecular formula is C18H39N7O3. The van der Waals surface area contributed by atoms with Crippen molar-refractivity contribution in [2.45, 2.75) is 0 Å². The normalized spacial score (nSPS) is 11.4. The minimum atomic E-state index is -0.205. The third kappa shape index (κ3) is 16.4. The van der Waals surface area contributed by atoms with Crippen molar-refractivity contribution < 1.29 is 14.4 Å². The molecule has 0 aromatic rings. The summed E-state index contributed by atoms with van der Waals surface area (Å²) < 4.78 is 0. The first-order valence-corrected chi connectivity index (χ1v) is 9.56. The summed E-state index contributed by atoms with van der Waals surface area (Å²) in [5.74, 6) is -0.614. The number of carbonyl (C=O) groups excluding carboxylic acids is 3. The summed E-state index contributed by atoms with van der Waals surface area (Å²) in [6.07, 6.45) is 0. The molecule has 0 saturated heterocycles. The number of hydrogen-bond donors (Lipinski definition) is 3. The van der Waals surface area contributed by atoms with Crippen LogP contribution in [0.25, 0.3) is 0 Å². The van der Waals surface area contributed by atoms with Crippen LogP contribution in [-0.4, -0.2) is 139 Å². The van der Waals surface area contributed by atoms with E-state index in [4.69, 9.17) is 0 Å². The van der Waals surface area contributed by atoms with E-state index in [9.17, 15) is 14.4 Å². The van der Waals surface area contributed by atoms with Crippen molar-refractivity contribution >= 4 is 17.7 Å². The number of rotatable bonds is 15. The lowest BCUT2D eigenvalue weighted by Gasteiger charge is -2.22. The van der Waals surface area contributed by atoms with Crippen LogP contribution in [0.4, 0.5) is 0 Å². The van der Waals surface area contributed by atoms with E-state index in [1.54, 1.807) is 4.90 Å². The smallest absolute Gasteiger partial charge is 0.234 e. The van der Waals surface area contributed by atoms with Gasteiger partial charge in [-0.15, -0.1) is 0 Å². The molecule has 0 aliphatic carbocycles. The van der Waals surface area contributed by atoms with Crippen LogP contribution in [-0.2, 0) is 14.4 Å². The fraction of sp³-hybridized carbons (Fsp3) is 0.833. The largest absolute Gasteiger partial charge is 0.354 e. The molecular weight excluding hydrogens is 362 g/mol. The van der Waals surface area contributed by atoms with Crippen molar-refractivity contribution in [3.8, 4) is 0 Å². The van der Waals surface area contributed by atoms with Crippen LogP contribution in [0.15, 0.2) is 0 Å². The standard InChI is InChI=1S/C18H39N7O3/c1-22(2)10-7-19-16(26)13-25(14-17(27)20-8-11-23(3)4)15-18(28)21-9-12-24(5)6/h7-15H2,1-6H3,(H,19,26)(H,20,27)(H,21,28). The number of nitrogens with zero attached hydrogens (tertiary/aromatic N) is 4. The molecule has 164 valence electrons. The molecule has 0 unspecified atom stereocenters. The van der Waals surface area contributed by atoms with Crippen LogP contribution in [0.2, 0.25) is 0 Å².